The van der Waals surface area contributed by atoms with E-state index in [1.165, 1.54) is 6.07 Å². The molecule has 0 unspecified atom stereocenters. The molecule has 0 spiro atoms. The Labute approximate surface area is 105 Å². The Morgan fingerprint density at radius 3 is 2.56 bits per heavy atom. The molecule has 1 aromatic carbocycles. The number of anilines is 1. The summed E-state index contributed by atoms with van der Waals surface area (Å²) < 4.78 is 14.9. The van der Waals surface area contributed by atoms with Crippen molar-refractivity contribution in [2.75, 3.05) is 5.32 Å². The molecule has 1 amide bonds. The van der Waals surface area contributed by atoms with E-state index >= 15 is 0 Å². The molecule has 0 aliphatic heterocycles. The lowest BCUT2D eigenvalue weighted by molar-refractivity contribution is 0.101. The highest BCUT2D eigenvalue weighted by atomic mass is 19.1. The number of rotatable bonds is 2. The van der Waals surface area contributed by atoms with E-state index in [9.17, 15) is 9.18 Å². The molecular weight excluding hydrogens is 231 g/mol. The molecule has 0 aliphatic carbocycles. The van der Waals surface area contributed by atoms with Gasteiger partial charge in [0.15, 0.2) is 0 Å². The summed E-state index contributed by atoms with van der Waals surface area (Å²) in [6.45, 7) is 3.59. The summed E-state index contributed by atoms with van der Waals surface area (Å²) in [4.78, 5) is 12.0. The fourth-order valence-electron chi connectivity index (χ4n) is 1.87. The van der Waals surface area contributed by atoms with Gasteiger partial charge in [-0.3, -0.25) is 4.79 Å². The van der Waals surface area contributed by atoms with Crippen LogP contribution in [-0.2, 0) is 7.05 Å². The number of benzene rings is 1. The van der Waals surface area contributed by atoms with Crippen molar-refractivity contribution in [1.82, 2.24) is 4.57 Å². The lowest BCUT2D eigenvalue weighted by atomic mass is 10.2. The first-order valence-electron chi connectivity index (χ1n) is 5.68. The zero-order chi connectivity index (χ0) is 13.3. The molecule has 0 saturated heterocycles. The van der Waals surface area contributed by atoms with Gasteiger partial charge >= 0.3 is 0 Å². The average molecular weight is 246 g/mol. The minimum absolute atomic E-state index is 0.198. The first kappa shape index (κ1) is 12.4. The maximum atomic E-state index is 13.1. The third-order valence-electron chi connectivity index (χ3n) is 2.79. The normalized spacial score (nSPS) is 10.4. The predicted octanol–water partition coefficient (Wildman–Crippen LogP) is 3.03. The lowest BCUT2D eigenvalue weighted by Gasteiger charge is -2.07. The van der Waals surface area contributed by atoms with Crippen molar-refractivity contribution in [3.63, 3.8) is 0 Å². The van der Waals surface area contributed by atoms with Crippen molar-refractivity contribution >= 4 is 11.6 Å². The summed E-state index contributed by atoms with van der Waals surface area (Å²) in [5.41, 5.74) is 2.71. The summed E-state index contributed by atoms with van der Waals surface area (Å²) in [7, 11) is 1.82. The fraction of sp³-hybridized carbons (Fsp3) is 0.214. The highest BCUT2D eigenvalue weighted by Gasteiger charge is 2.11. The number of carbonyl (C=O) groups is 1. The van der Waals surface area contributed by atoms with Gasteiger partial charge in [0.2, 0.25) is 0 Å². The molecule has 0 fully saturated rings. The van der Waals surface area contributed by atoms with Crippen molar-refractivity contribution in [1.29, 1.82) is 0 Å². The van der Waals surface area contributed by atoms with Crippen LogP contribution in [0.5, 0.6) is 0 Å². The minimum Gasteiger partial charge on any atom is -0.346 e. The summed E-state index contributed by atoms with van der Waals surface area (Å²) in [6.07, 6.45) is 1.88. The van der Waals surface area contributed by atoms with Crippen molar-refractivity contribution in [3.05, 3.63) is 53.1 Å². The molecule has 0 bridgehead atoms. The quantitative estimate of drug-likeness (QED) is 0.868. The SMILES string of the molecule is Cc1cc(C(=O)Nc2ccc(F)c(C)c2)n(C)c1. The summed E-state index contributed by atoms with van der Waals surface area (Å²) in [5, 5.41) is 2.75. The van der Waals surface area contributed by atoms with E-state index in [-0.39, 0.29) is 11.7 Å². The van der Waals surface area contributed by atoms with Gasteiger partial charge < -0.3 is 9.88 Å². The van der Waals surface area contributed by atoms with Crippen LogP contribution in [0.15, 0.2) is 30.5 Å². The van der Waals surface area contributed by atoms with E-state index in [1.807, 2.05) is 26.2 Å². The highest BCUT2D eigenvalue weighted by Crippen LogP contribution is 2.15. The second-order valence-corrected chi connectivity index (χ2v) is 4.43. The standard InChI is InChI=1S/C14H15FN2O/c1-9-6-13(17(3)8-9)14(18)16-11-4-5-12(15)10(2)7-11/h4-8H,1-3H3,(H,16,18). The van der Waals surface area contributed by atoms with Crippen molar-refractivity contribution < 1.29 is 9.18 Å². The van der Waals surface area contributed by atoms with Crippen LogP contribution in [0, 0.1) is 19.7 Å². The minimum atomic E-state index is -0.275. The Balaban J connectivity index is 2.21. The first-order chi connectivity index (χ1) is 8.47. The van der Waals surface area contributed by atoms with Crippen LogP contribution in [0.25, 0.3) is 0 Å². The van der Waals surface area contributed by atoms with E-state index in [2.05, 4.69) is 5.32 Å². The third-order valence-corrected chi connectivity index (χ3v) is 2.79. The van der Waals surface area contributed by atoms with Crippen LogP contribution in [0.1, 0.15) is 21.6 Å². The topological polar surface area (TPSA) is 34.0 Å². The molecule has 2 rings (SSSR count). The molecule has 3 nitrogen and oxygen atoms in total. The molecule has 0 atom stereocenters. The number of amides is 1. The molecule has 0 saturated carbocycles. The third kappa shape index (κ3) is 2.42. The molecule has 1 heterocycles. The van der Waals surface area contributed by atoms with Gasteiger partial charge in [0.1, 0.15) is 11.5 Å². The van der Waals surface area contributed by atoms with Crippen LogP contribution in [0.2, 0.25) is 0 Å². The second kappa shape index (κ2) is 4.64. The van der Waals surface area contributed by atoms with Gasteiger partial charge in [-0.05, 0) is 49.2 Å². The molecule has 18 heavy (non-hydrogen) atoms. The van der Waals surface area contributed by atoms with Gasteiger partial charge in [0.05, 0.1) is 0 Å². The zero-order valence-corrected chi connectivity index (χ0v) is 10.6. The first-order valence-corrected chi connectivity index (χ1v) is 5.68. The molecule has 0 aliphatic rings. The highest BCUT2D eigenvalue weighted by molar-refractivity contribution is 6.03. The van der Waals surface area contributed by atoms with Crippen LogP contribution in [-0.4, -0.2) is 10.5 Å². The van der Waals surface area contributed by atoms with E-state index in [0.29, 0.717) is 16.9 Å². The van der Waals surface area contributed by atoms with E-state index in [4.69, 9.17) is 0 Å². The lowest BCUT2D eigenvalue weighted by Crippen LogP contribution is -2.15. The number of hydrogen-bond acceptors (Lipinski definition) is 1. The average Bonchev–Trinajstić information content (AvgIpc) is 2.63. The largest absolute Gasteiger partial charge is 0.346 e. The van der Waals surface area contributed by atoms with E-state index < -0.39 is 0 Å². The maximum Gasteiger partial charge on any atom is 0.272 e. The van der Waals surface area contributed by atoms with Gasteiger partial charge in [0, 0.05) is 18.9 Å². The number of hydrogen-bond donors (Lipinski definition) is 1. The monoisotopic (exact) mass is 246 g/mol. The number of halogens is 1. The van der Waals surface area contributed by atoms with Gasteiger partial charge in [0.25, 0.3) is 5.91 Å². The number of nitrogens with zero attached hydrogens (tertiary/aromatic N) is 1. The maximum absolute atomic E-state index is 13.1. The van der Waals surface area contributed by atoms with Gasteiger partial charge in [-0.15, -0.1) is 0 Å². The van der Waals surface area contributed by atoms with Gasteiger partial charge in [-0.25, -0.2) is 4.39 Å². The van der Waals surface area contributed by atoms with Crippen LogP contribution in [0.4, 0.5) is 10.1 Å². The molecule has 1 aromatic heterocycles. The predicted molar refractivity (Wildman–Crippen MR) is 69.2 cm³/mol. The Bertz CT molecular complexity index is 602. The fourth-order valence-corrected chi connectivity index (χ4v) is 1.87. The molecule has 0 radical (unpaired) electrons. The Morgan fingerprint density at radius 2 is 2.00 bits per heavy atom. The van der Waals surface area contributed by atoms with Crippen LogP contribution in [0.3, 0.4) is 0 Å². The van der Waals surface area contributed by atoms with Crippen molar-refractivity contribution in [3.8, 4) is 0 Å². The Kier molecular flexibility index (Phi) is 3.19. The number of carbonyl (C=O) groups excluding carboxylic acids is 1. The zero-order valence-electron chi connectivity index (χ0n) is 10.6. The van der Waals surface area contributed by atoms with Gasteiger partial charge in [-0.2, -0.15) is 0 Å². The number of aryl methyl sites for hydroxylation is 3. The van der Waals surface area contributed by atoms with Crippen molar-refractivity contribution in [2.45, 2.75) is 13.8 Å². The van der Waals surface area contributed by atoms with Gasteiger partial charge in [-0.1, -0.05) is 0 Å². The van der Waals surface area contributed by atoms with Crippen molar-refractivity contribution in [2.24, 2.45) is 7.05 Å². The molecule has 1 N–H and O–H groups in total. The summed E-state index contributed by atoms with van der Waals surface area (Å²) in [5.74, 6) is -0.473. The molecule has 94 valence electrons. The smallest absolute Gasteiger partial charge is 0.272 e. The number of aromatic nitrogens is 1. The van der Waals surface area contributed by atoms with Crippen LogP contribution < -0.4 is 5.32 Å². The Morgan fingerprint density at radius 1 is 1.28 bits per heavy atom. The van der Waals surface area contributed by atoms with Crippen LogP contribution >= 0.6 is 0 Å². The number of nitrogens with one attached hydrogen (secondary N) is 1. The summed E-state index contributed by atoms with van der Waals surface area (Å²) >= 11 is 0. The molecular formula is C14H15FN2O. The van der Waals surface area contributed by atoms with E-state index in [1.54, 1.807) is 23.6 Å². The molecule has 4 heteroatoms. The van der Waals surface area contributed by atoms with E-state index in [0.717, 1.165) is 5.56 Å². The molecule has 2 aromatic rings. The Hall–Kier alpha value is -2.10. The summed E-state index contributed by atoms with van der Waals surface area (Å²) in [6, 6.07) is 6.33. The second-order valence-electron chi connectivity index (χ2n) is 4.43.